The highest BCUT2D eigenvalue weighted by molar-refractivity contribution is 7.98. The first kappa shape index (κ1) is 21.5. The molecule has 0 bridgehead atoms. The molecule has 2 aromatic rings. The monoisotopic (exact) mass is 426 g/mol. The molecule has 1 saturated carbocycles. The summed E-state index contributed by atoms with van der Waals surface area (Å²) in [6.45, 7) is 12.7. The molecule has 0 radical (unpaired) electrons. The lowest BCUT2D eigenvalue weighted by atomic mass is 9.39. The van der Waals surface area contributed by atoms with Crippen molar-refractivity contribution in [3.8, 4) is 5.75 Å². The van der Waals surface area contributed by atoms with Crippen LogP contribution in [0, 0.1) is 10.8 Å². The summed E-state index contributed by atoms with van der Waals surface area (Å²) in [5, 5.41) is 21.6. The molecule has 0 spiro atoms. The number of phenolic OH excluding ortho intramolecular Hbond substituents is 1. The molecule has 1 aliphatic carbocycles. The maximum Gasteiger partial charge on any atom is 0.115 e. The molecule has 2 aliphatic rings. The number of hydrogen-bond acceptors (Lipinski definition) is 5. The van der Waals surface area contributed by atoms with E-state index in [-0.39, 0.29) is 22.6 Å². The van der Waals surface area contributed by atoms with Gasteiger partial charge in [-0.15, -0.1) is 11.8 Å². The van der Waals surface area contributed by atoms with Crippen LogP contribution in [0.25, 0.3) is 0 Å². The summed E-state index contributed by atoms with van der Waals surface area (Å²) in [5.41, 5.74) is 0.647. The van der Waals surface area contributed by atoms with Gasteiger partial charge >= 0.3 is 0 Å². The zero-order valence-electron chi connectivity index (χ0n) is 18.7. The van der Waals surface area contributed by atoms with Crippen LogP contribution in [0.5, 0.6) is 5.75 Å². The predicted molar refractivity (Wildman–Crippen MR) is 125 cm³/mol. The molecular weight excluding hydrogens is 392 g/mol. The number of phenols is 1. The van der Waals surface area contributed by atoms with E-state index in [1.165, 1.54) is 10.6 Å². The molecule has 4 rings (SSSR count). The van der Waals surface area contributed by atoms with Crippen molar-refractivity contribution in [2.24, 2.45) is 10.8 Å². The average molecular weight is 427 g/mol. The van der Waals surface area contributed by atoms with Crippen LogP contribution in [-0.2, 0) is 5.60 Å². The van der Waals surface area contributed by atoms with E-state index in [1.807, 2.05) is 12.1 Å². The van der Waals surface area contributed by atoms with E-state index in [4.69, 9.17) is 0 Å². The summed E-state index contributed by atoms with van der Waals surface area (Å²) in [5.74, 6) is 0.232. The molecule has 4 nitrogen and oxygen atoms in total. The average Bonchev–Trinajstić information content (AvgIpc) is 2.74. The second-order valence-electron chi connectivity index (χ2n) is 9.82. The van der Waals surface area contributed by atoms with Crippen LogP contribution in [0.2, 0.25) is 0 Å². The number of thioether (sulfide) groups is 1. The number of nitrogens with zero attached hydrogens (tertiary/aromatic N) is 2. The highest BCUT2D eigenvalue weighted by Crippen LogP contribution is 2.68. The van der Waals surface area contributed by atoms with Gasteiger partial charge in [-0.3, -0.25) is 4.90 Å². The van der Waals surface area contributed by atoms with E-state index in [0.29, 0.717) is 0 Å². The summed E-state index contributed by atoms with van der Waals surface area (Å²) in [6, 6.07) is 16.2. The standard InChI is InChI=1S/C25H34N2O2S/c1-23(2)22(24(3,4)25(23,29)18-6-10-20(28)11-7-18)27-16-14-26(15-17-27)19-8-12-21(30-5)13-9-19/h6-13,22,28-29H,14-17H2,1-5H3. The maximum atomic E-state index is 11.9. The summed E-state index contributed by atoms with van der Waals surface area (Å²) in [7, 11) is 0. The second kappa shape index (κ2) is 7.47. The van der Waals surface area contributed by atoms with Gasteiger partial charge in [-0.2, -0.15) is 0 Å². The molecule has 2 N–H and O–H groups in total. The number of benzene rings is 2. The number of aliphatic hydroxyl groups is 1. The Kier molecular flexibility index (Phi) is 5.36. The van der Waals surface area contributed by atoms with Crippen molar-refractivity contribution in [2.75, 3.05) is 37.3 Å². The summed E-state index contributed by atoms with van der Waals surface area (Å²) < 4.78 is 0. The Balaban J connectivity index is 1.50. The van der Waals surface area contributed by atoms with E-state index in [2.05, 4.69) is 68.0 Å². The molecule has 1 heterocycles. The molecule has 30 heavy (non-hydrogen) atoms. The van der Waals surface area contributed by atoms with Gasteiger partial charge in [-0.05, 0) is 48.2 Å². The quantitative estimate of drug-likeness (QED) is 0.702. The number of hydrogen-bond donors (Lipinski definition) is 2. The molecule has 162 valence electrons. The molecule has 2 fully saturated rings. The molecule has 1 aliphatic heterocycles. The maximum absolute atomic E-state index is 11.9. The fourth-order valence-electron chi connectivity index (χ4n) is 6.44. The minimum atomic E-state index is -0.941. The zero-order chi connectivity index (χ0) is 21.7. The van der Waals surface area contributed by atoms with Gasteiger partial charge in [0.2, 0.25) is 0 Å². The first-order chi connectivity index (χ1) is 14.1. The molecular formula is C25H34N2O2S. The van der Waals surface area contributed by atoms with Crippen LogP contribution in [0.3, 0.4) is 0 Å². The van der Waals surface area contributed by atoms with E-state index >= 15 is 0 Å². The minimum absolute atomic E-state index is 0.232. The van der Waals surface area contributed by atoms with Gasteiger partial charge in [0.15, 0.2) is 0 Å². The van der Waals surface area contributed by atoms with E-state index < -0.39 is 5.60 Å². The van der Waals surface area contributed by atoms with E-state index in [1.54, 1.807) is 23.9 Å². The van der Waals surface area contributed by atoms with Crippen LogP contribution >= 0.6 is 11.8 Å². The molecule has 1 saturated heterocycles. The number of aromatic hydroxyl groups is 1. The van der Waals surface area contributed by atoms with Gasteiger partial charge in [-0.25, -0.2) is 0 Å². The van der Waals surface area contributed by atoms with Crippen LogP contribution in [0.15, 0.2) is 53.4 Å². The Morgan fingerprint density at radius 1 is 0.833 bits per heavy atom. The summed E-state index contributed by atoms with van der Waals surface area (Å²) in [6.07, 6.45) is 2.11. The van der Waals surface area contributed by atoms with Gasteiger partial charge in [-0.1, -0.05) is 39.8 Å². The molecule has 5 heteroatoms. The third-order valence-electron chi connectivity index (χ3n) is 7.63. The Hall–Kier alpha value is -1.69. The van der Waals surface area contributed by atoms with Crippen LogP contribution < -0.4 is 4.90 Å². The van der Waals surface area contributed by atoms with Crippen molar-refractivity contribution in [1.29, 1.82) is 0 Å². The fourth-order valence-corrected chi connectivity index (χ4v) is 6.85. The molecule has 0 unspecified atom stereocenters. The number of piperazine rings is 1. The Bertz CT molecular complexity index is 868. The van der Waals surface area contributed by atoms with Crippen molar-refractivity contribution < 1.29 is 10.2 Å². The normalized spacial score (nSPS) is 28.2. The van der Waals surface area contributed by atoms with Crippen molar-refractivity contribution in [3.63, 3.8) is 0 Å². The third kappa shape index (κ3) is 3.05. The van der Waals surface area contributed by atoms with Crippen molar-refractivity contribution in [3.05, 3.63) is 54.1 Å². The predicted octanol–water partition coefficient (Wildman–Crippen LogP) is 4.56. The Morgan fingerprint density at radius 3 is 1.87 bits per heavy atom. The summed E-state index contributed by atoms with van der Waals surface area (Å²) in [4.78, 5) is 6.33. The third-order valence-corrected chi connectivity index (χ3v) is 8.38. The van der Waals surface area contributed by atoms with E-state index in [0.717, 1.165) is 31.7 Å². The lowest BCUT2D eigenvalue weighted by Crippen LogP contribution is -2.79. The molecule has 0 amide bonds. The first-order valence-electron chi connectivity index (χ1n) is 10.8. The largest absolute Gasteiger partial charge is 0.508 e. The zero-order valence-corrected chi connectivity index (χ0v) is 19.5. The second-order valence-corrected chi connectivity index (χ2v) is 10.7. The molecule has 0 aromatic heterocycles. The summed E-state index contributed by atoms with van der Waals surface area (Å²) >= 11 is 1.77. The number of anilines is 1. The Morgan fingerprint density at radius 2 is 1.37 bits per heavy atom. The van der Waals surface area contributed by atoms with Crippen LogP contribution in [0.1, 0.15) is 33.3 Å². The van der Waals surface area contributed by atoms with Gasteiger partial charge in [0, 0.05) is 53.6 Å². The highest BCUT2D eigenvalue weighted by atomic mass is 32.2. The van der Waals surface area contributed by atoms with Crippen LogP contribution in [0.4, 0.5) is 5.69 Å². The number of rotatable bonds is 4. The van der Waals surface area contributed by atoms with Gasteiger partial charge in [0.1, 0.15) is 11.4 Å². The Labute approximate surface area is 184 Å². The van der Waals surface area contributed by atoms with Gasteiger partial charge in [0.25, 0.3) is 0 Å². The lowest BCUT2D eigenvalue weighted by Gasteiger charge is -2.72. The first-order valence-corrected chi connectivity index (χ1v) is 12.0. The molecule has 2 aromatic carbocycles. The van der Waals surface area contributed by atoms with Crippen molar-refractivity contribution in [1.82, 2.24) is 4.90 Å². The minimum Gasteiger partial charge on any atom is -0.508 e. The lowest BCUT2D eigenvalue weighted by molar-refractivity contribution is -0.307. The van der Waals surface area contributed by atoms with Crippen molar-refractivity contribution >= 4 is 17.4 Å². The molecule has 0 atom stereocenters. The fraction of sp³-hybridized carbons (Fsp3) is 0.520. The smallest absolute Gasteiger partial charge is 0.115 e. The highest BCUT2D eigenvalue weighted by Gasteiger charge is 2.73. The SMILES string of the molecule is CSc1ccc(N2CCN(C3C(C)(C)C(O)(c4ccc(O)cc4)C3(C)C)CC2)cc1. The van der Waals surface area contributed by atoms with Gasteiger partial charge < -0.3 is 15.1 Å². The van der Waals surface area contributed by atoms with Crippen LogP contribution in [-0.4, -0.2) is 53.6 Å². The van der Waals surface area contributed by atoms with Gasteiger partial charge in [0.05, 0.1) is 0 Å². The topological polar surface area (TPSA) is 46.9 Å². The van der Waals surface area contributed by atoms with Crippen molar-refractivity contribution in [2.45, 2.75) is 44.2 Å². The van der Waals surface area contributed by atoms with E-state index in [9.17, 15) is 10.2 Å².